The Morgan fingerprint density at radius 3 is 0.518 bits per heavy atom. The van der Waals surface area contributed by atoms with E-state index in [0.29, 0.717) is 38.5 Å². The maximum absolute atomic E-state index is 13.1. The molecule has 0 bridgehead atoms. The molecule has 0 saturated carbocycles. The number of hydrogen-bond donors (Lipinski definition) is 1. The van der Waals surface area contributed by atoms with Crippen molar-refractivity contribution in [3.05, 3.63) is 36.5 Å². The minimum Gasteiger partial charge on any atom is -0.481 e. The first-order valence-corrected chi connectivity index (χ1v) is 47.2. The van der Waals surface area contributed by atoms with Gasteiger partial charge in [-0.1, -0.05) is 365 Å². The van der Waals surface area contributed by atoms with E-state index < -0.39 is 18.2 Å². The summed E-state index contributed by atoms with van der Waals surface area (Å²) < 4.78 is 34.0. The second-order valence-corrected chi connectivity index (χ2v) is 32.3. The van der Waals surface area contributed by atoms with E-state index in [1.165, 1.54) is 199 Å². The van der Waals surface area contributed by atoms with Gasteiger partial charge in [0.25, 0.3) is 0 Å². The number of rotatable bonds is 89. The molecule has 0 aliphatic carbocycles. The van der Waals surface area contributed by atoms with E-state index in [2.05, 4.69) is 57.2 Å². The summed E-state index contributed by atoms with van der Waals surface area (Å²) in [6.07, 6.45) is 91.0. The molecule has 14 heteroatoms. The summed E-state index contributed by atoms with van der Waals surface area (Å²) in [7, 11) is 0. The van der Waals surface area contributed by atoms with Crippen molar-refractivity contribution in [3.8, 4) is 0 Å². The van der Waals surface area contributed by atoms with Crippen molar-refractivity contribution in [1.82, 2.24) is 0 Å². The Morgan fingerprint density at radius 2 is 0.345 bits per heavy atom. The fourth-order valence-corrected chi connectivity index (χ4v) is 14.1. The van der Waals surface area contributed by atoms with Gasteiger partial charge < -0.3 is 33.5 Å². The molecule has 1 unspecified atom stereocenters. The van der Waals surface area contributed by atoms with Crippen LogP contribution in [0.3, 0.4) is 0 Å². The second-order valence-electron chi connectivity index (χ2n) is 32.3. The van der Waals surface area contributed by atoms with Crippen molar-refractivity contribution in [2.75, 3.05) is 26.4 Å². The molecule has 0 aromatic rings. The molecular weight excluding hydrogens is 1380 g/mol. The third-order valence-electron chi connectivity index (χ3n) is 21.3. The molecule has 0 amide bonds. The van der Waals surface area contributed by atoms with Crippen LogP contribution in [-0.2, 0) is 62.0 Å². The SMILES string of the molecule is CCCCCCCCC=CCCCCCCCC(=O)OCC(COC(=O)CCCCCCCC=CCCCCCCCC(=O)OC(COC(=O)CCCCCCCCCCCCCCCCC)COC(=O)CCCCCCCCCCCCCCCCC)OC(=O)CCCCCCCC=CCCCCCCCC(=O)O. The zero-order valence-corrected chi connectivity index (χ0v) is 72.0. The zero-order chi connectivity index (χ0) is 79.8. The maximum atomic E-state index is 13.1. The van der Waals surface area contributed by atoms with E-state index in [9.17, 15) is 33.6 Å². The molecular formula is C96H174O14. The molecule has 0 fully saturated rings. The molecule has 0 aliphatic rings. The summed E-state index contributed by atoms with van der Waals surface area (Å²) in [4.78, 5) is 88.0. The average molecular weight is 1550 g/mol. The number of carboxylic acids is 1. The van der Waals surface area contributed by atoms with Crippen LogP contribution >= 0.6 is 0 Å². The van der Waals surface area contributed by atoms with Gasteiger partial charge in [-0.15, -0.1) is 0 Å². The molecule has 110 heavy (non-hydrogen) atoms. The number of esters is 6. The Hall–Kier alpha value is -4.49. The van der Waals surface area contributed by atoms with Crippen LogP contribution < -0.4 is 0 Å². The monoisotopic (exact) mass is 1550 g/mol. The molecule has 0 heterocycles. The van der Waals surface area contributed by atoms with Gasteiger partial charge in [-0.25, -0.2) is 0 Å². The Balaban J connectivity index is 4.71. The smallest absolute Gasteiger partial charge is 0.306 e. The second kappa shape index (κ2) is 88.5. The number of hydrogen-bond acceptors (Lipinski definition) is 13. The summed E-state index contributed by atoms with van der Waals surface area (Å²) in [6.45, 7) is 6.30. The van der Waals surface area contributed by atoms with Gasteiger partial charge in [0, 0.05) is 44.9 Å². The van der Waals surface area contributed by atoms with Crippen molar-refractivity contribution < 1.29 is 67.1 Å². The molecule has 0 rings (SSSR count). The first kappa shape index (κ1) is 106. The standard InChI is InChI=1S/C96H174O14/c1-4-7-10-13-16-19-22-25-28-36-43-50-57-64-71-78-91(99)105-84-88(85-106-92(100)79-72-65-58-51-44-37-29-26-23-20-17-14-11-8-5-2)110-96(104)83-76-69-62-55-48-41-34-33-39-46-53-60-67-74-81-94(102)108-87-89(86-107-93(101)80-73-66-59-52-45-38-30-27-24-21-18-15-12-9-6-3)109-95(103)82-75-68-61-54-47-40-32-31-35-42-49-56-63-70-77-90(97)98/h27,30-34,88-89H,4-26,28-29,35-87H2,1-3H3,(H,97,98). The summed E-state index contributed by atoms with van der Waals surface area (Å²) >= 11 is 0. The van der Waals surface area contributed by atoms with Crippen LogP contribution in [0, 0.1) is 0 Å². The highest BCUT2D eigenvalue weighted by Gasteiger charge is 2.22. The molecule has 1 atom stereocenters. The maximum Gasteiger partial charge on any atom is 0.306 e. The zero-order valence-electron chi connectivity index (χ0n) is 72.0. The number of carboxylic acid groups (broad SMARTS) is 1. The van der Waals surface area contributed by atoms with Gasteiger partial charge >= 0.3 is 41.8 Å². The van der Waals surface area contributed by atoms with Crippen LogP contribution in [0.2, 0.25) is 0 Å². The molecule has 0 aromatic heterocycles. The Kier molecular flexibility index (Phi) is 84.8. The third kappa shape index (κ3) is 85.9. The van der Waals surface area contributed by atoms with Gasteiger partial charge in [0.2, 0.25) is 0 Å². The van der Waals surface area contributed by atoms with E-state index >= 15 is 0 Å². The van der Waals surface area contributed by atoms with Crippen LogP contribution in [0.5, 0.6) is 0 Å². The highest BCUT2D eigenvalue weighted by Crippen LogP contribution is 2.20. The quantitative estimate of drug-likeness (QED) is 0.0261. The van der Waals surface area contributed by atoms with Gasteiger partial charge in [-0.2, -0.15) is 0 Å². The highest BCUT2D eigenvalue weighted by atomic mass is 16.6. The van der Waals surface area contributed by atoms with Gasteiger partial charge in [0.05, 0.1) is 0 Å². The third-order valence-corrected chi connectivity index (χ3v) is 21.3. The molecule has 0 aromatic carbocycles. The minimum atomic E-state index is -0.848. The first-order chi connectivity index (χ1) is 54.0. The van der Waals surface area contributed by atoms with Crippen molar-refractivity contribution in [2.45, 2.75) is 508 Å². The first-order valence-electron chi connectivity index (χ1n) is 47.2. The lowest BCUT2D eigenvalue weighted by molar-refractivity contribution is -0.167. The minimum absolute atomic E-state index is 0.110. The predicted octanol–water partition coefficient (Wildman–Crippen LogP) is 28.7. The van der Waals surface area contributed by atoms with Crippen molar-refractivity contribution >= 4 is 41.8 Å². The Labute approximate surface area is 676 Å². The lowest BCUT2D eigenvalue weighted by Gasteiger charge is -2.18. The normalized spacial score (nSPS) is 11.9. The number of allylic oxidation sites excluding steroid dienone is 6. The Bertz CT molecular complexity index is 2090. The van der Waals surface area contributed by atoms with Crippen molar-refractivity contribution in [1.29, 1.82) is 0 Å². The summed E-state index contributed by atoms with van der Waals surface area (Å²) in [6, 6.07) is 0. The summed E-state index contributed by atoms with van der Waals surface area (Å²) in [5, 5.41) is 8.78. The average Bonchev–Trinajstić information content (AvgIpc) is 0.949. The molecule has 0 saturated heterocycles. The predicted molar refractivity (Wildman–Crippen MR) is 457 cm³/mol. The van der Waals surface area contributed by atoms with E-state index in [-0.39, 0.29) is 87.9 Å². The van der Waals surface area contributed by atoms with Gasteiger partial charge in [0.1, 0.15) is 26.4 Å². The number of aliphatic carboxylic acids is 1. The van der Waals surface area contributed by atoms with E-state index in [0.717, 1.165) is 212 Å². The van der Waals surface area contributed by atoms with Crippen LogP contribution in [0.4, 0.5) is 0 Å². The van der Waals surface area contributed by atoms with Crippen LogP contribution in [-0.4, -0.2) is 85.5 Å². The number of unbranched alkanes of at least 4 members (excludes halogenated alkanes) is 59. The number of carbonyl (C=O) groups is 7. The molecule has 14 nitrogen and oxygen atoms in total. The van der Waals surface area contributed by atoms with Crippen LogP contribution in [0.1, 0.15) is 496 Å². The van der Waals surface area contributed by atoms with Crippen LogP contribution in [0.15, 0.2) is 36.5 Å². The molecule has 1 N–H and O–H groups in total. The van der Waals surface area contributed by atoms with E-state index in [1.807, 2.05) is 0 Å². The van der Waals surface area contributed by atoms with Crippen molar-refractivity contribution in [3.63, 3.8) is 0 Å². The summed E-state index contributed by atoms with van der Waals surface area (Å²) in [5.41, 5.74) is 0. The van der Waals surface area contributed by atoms with Crippen molar-refractivity contribution in [2.24, 2.45) is 0 Å². The van der Waals surface area contributed by atoms with Gasteiger partial charge in [0.15, 0.2) is 12.2 Å². The molecule has 0 spiro atoms. The topological polar surface area (TPSA) is 195 Å². The highest BCUT2D eigenvalue weighted by molar-refractivity contribution is 5.72. The van der Waals surface area contributed by atoms with E-state index in [1.54, 1.807) is 0 Å². The lowest BCUT2D eigenvalue weighted by Crippen LogP contribution is -2.30. The Morgan fingerprint density at radius 1 is 0.200 bits per heavy atom. The van der Waals surface area contributed by atoms with Crippen LogP contribution in [0.25, 0.3) is 0 Å². The summed E-state index contributed by atoms with van der Waals surface area (Å²) in [5.74, 6) is -2.71. The van der Waals surface area contributed by atoms with Gasteiger partial charge in [-0.3, -0.25) is 33.6 Å². The molecule has 0 aliphatic heterocycles. The fraction of sp³-hybridized carbons (Fsp3) is 0.865. The molecule has 642 valence electrons. The molecule has 0 radical (unpaired) electrons. The fourth-order valence-electron chi connectivity index (χ4n) is 14.1. The van der Waals surface area contributed by atoms with E-state index in [4.69, 9.17) is 33.5 Å². The largest absolute Gasteiger partial charge is 0.481 e. The number of ether oxygens (including phenoxy) is 6. The lowest BCUT2D eigenvalue weighted by atomic mass is 10.0. The van der Waals surface area contributed by atoms with Gasteiger partial charge in [-0.05, 0) is 122 Å². The number of carbonyl (C=O) groups excluding carboxylic acids is 6.